The number of fused-ring (bicyclic) bond motifs is 1. The lowest BCUT2D eigenvalue weighted by Gasteiger charge is -2.31. The van der Waals surface area contributed by atoms with Gasteiger partial charge >= 0.3 is 11.9 Å². The molecule has 2 atom stereocenters. The molecule has 0 saturated carbocycles. The molecule has 0 aliphatic carbocycles. The van der Waals surface area contributed by atoms with Crippen molar-refractivity contribution in [1.82, 2.24) is 0 Å². The Bertz CT molecular complexity index is 897. The minimum absolute atomic E-state index is 0.196. The Labute approximate surface area is 179 Å². The lowest BCUT2D eigenvalue weighted by molar-refractivity contribution is -0.173. The van der Waals surface area contributed by atoms with Gasteiger partial charge in [0.2, 0.25) is 0 Å². The van der Waals surface area contributed by atoms with Crippen LogP contribution in [0.5, 0.6) is 0 Å². The molecule has 1 unspecified atom stereocenters. The van der Waals surface area contributed by atoms with Crippen molar-refractivity contribution >= 4 is 22.7 Å². The molecule has 0 heterocycles. The van der Waals surface area contributed by atoms with Crippen molar-refractivity contribution in [3.8, 4) is 0 Å². The highest BCUT2D eigenvalue weighted by atomic mass is 16.6. The molecule has 0 saturated heterocycles. The van der Waals surface area contributed by atoms with Gasteiger partial charge < -0.3 is 14.2 Å². The molecule has 162 valence electrons. The van der Waals surface area contributed by atoms with Gasteiger partial charge in [-0.2, -0.15) is 0 Å². The summed E-state index contributed by atoms with van der Waals surface area (Å²) >= 11 is 0. The molecule has 5 nitrogen and oxygen atoms in total. The molecule has 0 aliphatic rings. The predicted octanol–water partition coefficient (Wildman–Crippen LogP) is 5.53. The fourth-order valence-corrected chi connectivity index (χ4v) is 3.34. The maximum Gasteiger partial charge on any atom is 0.340 e. The second-order valence-corrected chi connectivity index (χ2v) is 8.00. The number of esters is 2. The highest BCUT2D eigenvalue weighted by Crippen LogP contribution is 2.29. The van der Waals surface area contributed by atoms with Crippen LogP contribution in [-0.4, -0.2) is 31.3 Å². The second kappa shape index (κ2) is 10.9. The average molecular weight is 413 g/mol. The van der Waals surface area contributed by atoms with Gasteiger partial charge in [-0.15, -0.1) is 0 Å². The van der Waals surface area contributed by atoms with E-state index in [-0.39, 0.29) is 12.6 Å². The number of ether oxygens (including phenoxy) is 3. The molecule has 2 aromatic carbocycles. The first kappa shape index (κ1) is 23.6. The Morgan fingerprint density at radius 3 is 2.37 bits per heavy atom. The van der Waals surface area contributed by atoms with Gasteiger partial charge in [0.1, 0.15) is 5.60 Å². The number of hydrogen-bond donors (Lipinski definition) is 0. The van der Waals surface area contributed by atoms with Crippen LogP contribution in [0.1, 0.15) is 58.6 Å². The zero-order valence-corrected chi connectivity index (χ0v) is 18.6. The standard InChI is InChI=1S/C25H32O5/c1-18(2)9-8-14-25(4,15-16-29-19(3)26)30-24(27)23(28-5)22-13-12-20-10-6-7-11-21(20)17-22/h6-7,9-13,17,23H,8,14-16H2,1-5H3/t23?,25-/m1/s1. The fraction of sp³-hybridized carbons (Fsp3) is 0.440. The first-order valence-electron chi connectivity index (χ1n) is 10.3. The van der Waals surface area contributed by atoms with E-state index in [4.69, 9.17) is 14.2 Å². The number of rotatable bonds is 10. The molecule has 5 heteroatoms. The molecule has 0 N–H and O–H groups in total. The smallest absolute Gasteiger partial charge is 0.340 e. The van der Waals surface area contributed by atoms with Gasteiger partial charge in [-0.25, -0.2) is 4.79 Å². The van der Waals surface area contributed by atoms with E-state index in [9.17, 15) is 9.59 Å². The van der Waals surface area contributed by atoms with Crippen LogP contribution in [0.4, 0.5) is 0 Å². The number of carbonyl (C=O) groups excluding carboxylic acids is 2. The van der Waals surface area contributed by atoms with E-state index in [2.05, 4.69) is 6.08 Å². The molecular weight excluding hydrogens is 380 g/mol. The molecule has 30 heavy (non-hydrogen) atoms. The number of hydrogen-bond acceptors (Lipinski definition) is 5. The molecular formula is C25H32O5. The van der Waals surface area contributed by atoms with Crippen LogP contribution in [0.3, 0.4) is 0 Å². The third-order valence-corrected chi connectivity index (χ3v) is 5.04. The lowest BCUT2D eigenvalue weighted by Crippen LogP contribution is -2.35. The summed E-state index contributed by atoms with van der Waals surface area (Å²) in [5, 5.41) is 2.13. The normalized spacial score (nSPS) is 13.9. The SMILES string of the molecule is COC(C(=O)O[C@](C)(CCC=C(C)C)CCOC(C)=O)c1ccc2ccccc2c1. The van der Waals surface area contributed by atoms with Crippen molar-refractivity contribution in [2.45, 2.75) is 58.7 Å². The van der Waals surface area contributed by atoms with Crippen molar-refractivity contribution < 1.29 is 23.8 Å². The van der Waals surface area contributed by atoms with Crippen molar-refractivity contribution in [2.24, 2.45) is 0 Å². The molecule has 0 fully saturated rings. The van der Waals surface area contributed by atoms with Crippen LogP contribution in [-0.2, 0) is 23.8 Å². The highest BCUT2D eigenvalue weighted by molar-refractivity contribution is 5.85. The molecule has 0 radical (unpaired) electrons. The molecule has 2 rings (SSSR count). The van der Waals surface area contributed by atoms with Crippen molar-refractivity contribution in [3.63, 3.8) is 0 Å². The summed E-state index contributed by atoms with van der Waals surface area (Å²) in [5.41, 5.74) is 1.17. The van der Waals surface area contributed by atoms with Crippen LogP contribution in [0.2, 0.25) is 0 Å². The van der Waals surface area contributed by atoms with E-state index in [0.717, 1.165) is 22.8 Å². The minimum Gasteiger partial charge on any atom is -0.466 e. The minimum atomic E-state index is -0.828. The van der Waals surface area contributed by atoms with Crippen LogP contribution < -0.4 is 0 Å². The molecule has 0 aliphatic heterocycles. The van der Waals surface area contributed by atoms with Gasteiger partial charge in [-0.1, -0.05) is 48.0 Å². The van der Waals surface area contributed by atoms with Crippen LogP contribution in [0.25, 0.3) is 10.8 Å². The Hall–Kier alpha value is -2.66. The Kier molecular flexibility index (Phi) is 8.60. The lowest BCUT2D eigenvalue weighted by atomic mass is 9.95. The van der Waals surface area contributed by atoms with Crippen LogP contribution >= 0.6 is 0 Å². The summed E-state index contributed by atoms with van der Waals surface area (Å²) in [6.45, 7) is 7.50. The average Bonchev–Trinajstić information content (AvgIpc) is 2.67. The van der Waals surface area contributed by atoms with E-state index < -0.39 is 17.7 Å². The topological polar surface area (TPSA) is 61.8 Å². The van der Waals surface area contributed by atoms with Gasteiger partial charge in [0.05, 0.1) is 6.61 Å². The van der Waals surface area contributed by atoms with Gasteiger partial charge in [0.15, 0.2) is 6.10 Å². The van der Waals surface area contributed by atoms with E-state index >= 15 is 0 Å². The quantitative estimate of drug-likeness (QED) is 0.379. The monoisotopic (exact) mass is 412 g/mol. The van der Waals surface area contributed by atoms with Crippen molar-refractivity contribution in [2.75, 3.05) is 13.7 Å². The first-order chi connectivity index (χ1) is 14.2. The Morgan fingerprint density at radius 1 is 1.03 bits per heavy atom. The van der Waals surface area contributed by atoms with Gasteiger partial charge in [-0.3, -0.25) is 4.79 Å². The predicted molar refractivity (Wildman–Crippen MR) is 118 cm³/mol. The molecule has 0 spiro atoms. The highest BCUT2D eigenvalue weighted by Gasteiger charge is 2.33. The maximum atomic E-state index is 13.1. The van der Waals surface area contributed by atoms with E-state index in [1.165, 1.54) is 19.6 Å². The molecule has 2 aromatic rings. The third-order valence-electron chi connectivity index (χ3n) is 5.04. The van der Waals surface area contributed by atoms with E-state index in [1.807, 2.05) is 63.2 Å². The maximum absolute atomic E-state index is 13.1. The summed E-state index contributed by atoms with van der Waals surface area (Å²) in [6, 6.07) is 13.8. The largest absolute Gasteiger partial charge is 0.466 e. The van der Waals surface area contributed by atoms with Crippen molar-refractivity contribution in [1.29, 1.82) is 0 Å². The first-order valence-corrected chi connectivity index (χ1v) is 10.3. The Morgan fingerprint density at radius 2 is 1.73 bits per heavy atom. The van der Waals surface area contributed by atoms with Crippen molar-refractivity contribution in [3.05, 3.63) is 59.7 Å². The zero-order chi connectivity index (χ0) is 22.1. The van der Waals surface area contributed by atoms with E-state index in [0.29, 0.717) is 12.8 Å². The Balaban J connectivity index is 2.18. The third kappa shape index (κ3) is 6.99. The van der Waals surface area contributed by atoms with Gasteiger partial charge in [0, 0.05) is 20.5 Å². The molecule has 0 amide bonds. The summed E-state index contributed by atoms with van der Waals surface area (Å²) in [4.78, 5) is 24.2. The number of allylic oxidation sites excluding steroid dienone is 2. The second-order valence-electron chi connectivity index (χ2n) is 8.00. The molecule has 0 bridgehead atoms. The summed E-state index contributed by atoms with van der Waals surface area (Å²) in [6.07, 6.45) is 3.09. The van der Waals surface area contributed by atoms with Crippen LogP contribution in [0, 0.1) is 0 Å². The fourth-order valence-electron chi connectivity index (χ4n) is 3.34. The van der Waals surface area contributed by atoms with Gasteiger partial charge in [-0.05, 0) is 56.0 Å². The van der Waals surface area contributed by atoms with E-state index in [1.54, 1.807) is 0 Å². The summed E-state index contributed by atoms with van der Waals surface area (Å²) < 4.78 is 16.5. The number of methoxy groups -OCH3 is 1. The molecule has 0 aromatic heterocycles. The zero-order valence-electron chi connectivity index (χ0n) is 18.6. The van der Waals surface area contributed by atoms with Gasteiger partial charge in [0.25, 0.3) is 0 Å². The summed E-state index contributed by atoms with van der Waals surface area (Å²) in [5.74, 6) is -0.797. The van der Waals surface area contributed by atoms with Crippen LogP contribution in [0.15, 0.2) is 54.1 Å². The number of carbonyl (C=O) groups is 2. The summed E-state index contributed by atoms with van der Waals surface area (Å²) in [7, 11) is 1.50. The number of benzene rings is 2.